The second kappa shape index (κ2) is 6.31. The third kappa shape index (κ3) is 6.14. The Morgan fingerprint density at radius 1 is 1.39 bits per heavy atom. The van der Waals surface area contributed by atoms with Gasteiger partial charge >= 0.3 is 0 Å². The number of amides is 1. The predicted octanol–water partition coefficient (Wildman–Crippen LogP) is 1.76. The zero-order valence-electron chi connectivity index (χ0n) is 10.4. The van der Waals surface area contributed by atoms with Gasteiger partial charge in [-0.3, -0.25) is 9.00 Å². The summed E-state index contributed by atoms with van der Waals surface area (Å²) in [6, 6.07) is 6.74. The van der Waals surface area contributed by atoms with E-state index in [1.807, 2.05) is 0 Å². The van der Waals surface area contributed by atoms with Crippen molar-refractivity contribution in [2.24, 2.45) is 5.73 Å². The predicted molar refractivity (Wildman–Crippen MR) is 76.2 cm³/mol. The number of anilines is 1. The number of nitrogens with two attached hydrogens (primary N) is 1. The zero-order chi connectivity index (χ0) is 13.8. The second-order valence-electron chi connectivity index (χ2n) is 4.77. The Labute approximate surface area is 114 Å². The maximum absolute atomic E-state index is 11.7. The van der Waals surface area contributed by atoms with Crippen molar-refractivity contribution in [1.82, 2.24) is 0 Å². The van der Waals surface area contributed by atoms with Gasteiger partial charge < -0.3 is 11.1 Å². The van der Waals surface area contributed by atoms with Gasteiger partial charge in [0, 0.05) is 32.8 Å². The lowest BCUT2D eigenvalue weighted by molar-refractivity contribution is -0.113. The minimum absolute atomic E-state index is 0.0523. The van der Waals surface area contributed by atoms with Crippen LogP contribution in [0, 0.1) is 0 Å². The van der Waals surface area contributed by atoms with Crippen LogP contribution in [0.2, 0.25) is 5.02 Å². The molecule has 0 saturated heterocycles. The van der Waals surface area contributed by atoms with Gasteiger partial charge in [0.15, 0.2) is 0 Å². The molecule has 0 aliphatic heterocycles. The highest BCUT2D eigenvalue weighted by molar-refractivity contribution is 7.85. The van der Waals surface area contributed by atoms with Crippen molar-refractivity contribution in [3.05, 3.63) is 29.3 Å². The summed E-state index contributed by atoms with van der Waals surface area (Å²) in [6.07, 6.45) is 0. The normalized spacial score (nSPS) is 13.1. The van der Waals surface area contributed by atoms with E-state index < -0.39 is 16.3 Å². The average molecular weight is 289 g/mol. The number of hydrogen-bond donors (Lipinski definition) is 2. The molecule has 0 saturated carbocycles. The largest absolute Gasteiger partial charge is 0.325 e. The molecule has 1 rings (SSSR count). The van der Waals surface area contributed by atoms with Gasteiger partial charge in [-0.05, 0) is 38.1 Å². The van der Waals surface area contributed by atoms with Gasteiger partial charge in [0.25, 0.3) is 0 Å². The zero-order valence-corrected chi connectivity index (χ0v) is 12.0. The van der Waals surface area contributed by atoms with Crippen LogP contribution in [-0.2, 0) is 15.6 Å². The van der Waals surface area contributed by atoms with Crippen LogP contribution in [0.4, 0.5) is 5.69 Å². The fourth-order valence-electron chi connectivity index (χ4n) is 1.34. The van der Waals surface area contributed by atoms with Gasteiger partial charge in [-0.2, -0.15) is 0 Å². The highest BCUT2D eigenvalue weighted by Crippen LogP contribution is 2.13. The molecule has 100 valence electrons. The number of nitrogens with one attached hydrogen (secondary N) is 1. The molecule has 6 heteroatoms. The lowest BCUT2D eigenvalue weighted by atomic mass is 10.1. The van der Waals surface area contributed by atoms with E-state index >= 15 is 0 Å². The monoisotopic (exact) mass is 288 g/mol. The first-order chi connectivity index (χ1) is 8.26. The van der Waals surface area contributed by atoms with Gasteiger partial charge in [0.05, 0.1) is 0 Å². The fourth-order valence-corrected chi connectivity index (χ4v) is 2.76. The van der Waals surface area contributed by atoms with Gasteiger partial charge in [0.2, 0.25) is 5.91 Å². The maximum Gasteiger partial charge on any atom is 0.236 e. The van der Waals surface area contributed by atoms with E-state index in [1.165, 1.54) is 0 Å². The first-order valence-corrected chi connectivity index (χ1v) is 7.32. The van der Waals surface area contributed by atoms with Crippen molar-refractivity contribution in [2.45, 2.75) is 19.4 Å². The molecule has 0 aromatic heterocycles. The summed E-state index contributed by atoms with van der Waals surface area (Å²) >= 11 is 5.73. The number of rotatable bonds is 5. The van der Waals surface area contributed by atoms with Crippen LogP contribution in [0.1, 0.15) is 13.8 Å². The lowest BCUT2D eigenvalue weighted by Gasteiger charge is -2.17. The summed E-state index contributed by atoms with van der Waals surface area (Å²) in [5.74, 6) is -0.0514. The highest BCUT2D eigenvalue weighted by atomic mass is 35.5. The summed E-state index contributed by atoms with van der Waals surface area (Å²) in [7, 11) is -1.26. The van der Waals surface area contributed by atoms with Crippen molar-refractivity contribution >= 4 is 34.0 Å². The van der Waals surface area contributed by atoms with E-state index in [9.17, 15) is 9.00 Å². The van der Waals surface area contributed by atoms with Crippen LogP contribution >= 0.6 is 11.6 Å². The summed E-state index contributed by atoms with van der Waals surface area (Å²) in [4.78, 5) is 11.6. The van der Waals surface area contributed by atoms with Gasteiger partial charge in [-0.25, -0.2) is 0 Å². The number of halogens is 1. The topological polar surface area (TPSA) is 72.2 Å². The summed E-state index contributed by atoms with van der Waals surface area (Å²) < 4.78 is 11.7. The lowest BCUT2D eigenvalue weighted by Crippen LogP contribution is -2.39. The Morgan fingerprint density at radius 3 is 2.44 bits per heavy atom. The number of carbonyl (C=O) groups is 1. The molecule has 0 fully saturated rings. The molecule has 0 bridgehead atoms. The molecule has 1 aromatic rings. The molecule has 1 amide bonds. The molecule has 4 nitrogen and oxygen atoms in total. The Kier molecular flexibility index (Phi) is 5.31. The molecule has 0 heterocycles. The van der Waals surface area contributed by atoms with Gasteiger partial charge in [-0.15, -0.1) is 0 Å². The average Bonchev–Trinajstić information content (AvgIpc) is 2.18. The minimum Gasteiger partial charge on any atom is -0.325 e. The van der Waals surface area contributed by atoms with Crippen LogP contribution < -0.4 is 11.1 Å². The molecule has 0 aliphatic carbocycles. The summed E-state index contributed by atoms with van der Waals surface area (Å²) in [5, 5.41) is 3.25. The fraction of sp³-hybridized carbons (Fsp3) is 0.417. The van der Waals surface area contributed by atoms with E-state index in [1.54, 1.807) is 38.1 Å². The minimum atomic E-state index is -1.26. The Hall–Kier alpha value is -0.910. The van der Waals surface area contributed by atoms with Crippen molar-refractivity contribution in [3.8, 4) is 0 Å². The number of benzene rings is 1. The molecule has 0 aliphatic rings. The van der Waals surface area contributed by atoms with E-state index in [-0.39, 0.29) is 11.7 Å². The Morgan fingerprint density at radius 2 is 1.94 bits per heavy atom. The summed E-state index contributed by atoms with van der Waals surface area (Å²) in [6.45, 7) is 3.56. The highest BCUT2D eigenvalue weighted by Gasteiger charge is 2.17. The molecule has 1 unspecified atom stereocenters. The molecule has 1 aromatic carbocycles. The smallest absolute Gasteiger partial charge is 0.236 e. The quantitative estimate of drug-likeness (QED) is 0.867. The molecule has 0 spiro atoms. The molecule has 1 atom stereocenters. The summed E-state index contributed by atoms with van der Waals surface area (Å²) in [5.41, 5.74) is 5.84. The van der Waals surface area contributed by atoms with Crippen LogP contribution in [0.15, 0.2) is 24.3 Å². The standard InChI is InChI=1S/C12H17ClN2O2S/c1-12(2,14)8-18(17)7-11(16)15-10-5-3-9(13)4-6-10/h3-6H,7-8,14H2,1-2H3,(H,15,16). The number of hydrogen-bond acceptors (Lipinski definition) is 3. The SMILES string of the molecule is CC(C)(N)CS(=O)CC(=O)Nc1ccc(Cl)cc1. The van der Waals surface area contributed by atoms with Crippen LogP contribution in [0.5, 0.6) is 0 Å². The third-order valence-electron chi connectivity index (χ3n) is 1.95. The van der Waals surface area contributed by atoms with E-state index in [0.717, 1.165) is 0 Å². The third-order valence-corrected chi connectivity index (χ3v) is 3.86. The van der Waals surface area contributed by atoms with Crippen molar-refractivity contribution in [1.29, 1.82) is 0 Å². The second-order valence-corrected chi connectivity index (χ2v) is 6.67. The number of carbonyl (C=O) groups excluding carboxylic acids is 1. The Bertz CT molecular complexity index is 440. The van der Waals surface area contributed by atoms with Crippen LogP contribution in [0.3, 0.4) is 0 Å². The van der Waals surface area contributed by atoms with E-state index in [0.29, 0.717) is 16.5 Å². The van der Waals surface area contributed by atoms with E-state index in [4.69, 9.17) is 17.3 Å². The van der Waals surface area contributed by atoms with Crippen molar-refractivity contribution < 1.29 is 9.00 Å². The van der Waals surface area contributed by atoms with Gasteiger partial charge in [-0.1, -0.05) is 11.6 Å². The molecule has 3 N–H and O–H groups in total. The maximum atomic E-state index is 11.7. The molecule has 0 radical (unpaired) electrons. The molecular weight excluding hydrogens is 272 g/mol. The molecular formula is C12H17ClN2O2S. The van der Waals surface area contributed by atoms with Crippen molar-refractivity contribution in [3.63, 3.8) is 0 Å². The van der Waals surface area contributed by atoms with Crippen LogP contribution in [-0.4, -0.2) is 27.2 Å². The van der Waals surface area contributed by atoms with Gasteiger partial charge in [0.1, 0.15) is 5.75 Å². The van der Waals surface area contributed by atoms with Crippen molar-refractivity contribution in [2.75, 3.05) is 16.8 Å². The molecule has 18 heavy (non-hydrogen) atoms. The first-order valence-electron chi connectivity index (χ1n) is 5.45. The van der Waals surface area contributed by atoms with E-state index in [2.05, 4.69) is 5.32 Å². The van der Waals surface area contributed by atoms with Crippen LogP contribution in [0.25, 0.3) is 0 Å². The first kappa shape index (κ1) is 15.1. The Balaban J connectivity index is 2.47.